The lowest BCUT2D eigenvalue weighted by molar-refractivity contribution is -0.142. The first kappa shape index (κ1) is 11.6. The van der Waals surface area contributed by atoms with Crippen LogP contribution < -0.4 is 0 Å². The molecular weight excluding hydrogens is 224 g/mol. The topological polar surface area (TPSA) is 99.2 Å². The van der Waals surface area contributed by atoms with Gasteiger partial charge in [0.2, 0.25) is 0 Å². The summed E-state index contributed by atoms with van der Waals surface area (Å²) in [6.45, 7) is 0.461. The maximum absolute atomic E-state index is 12.1. The van der Waals surface area contributed by atoms with Gasteiger partial charge in [-0.3, -0.25) is 4.79 Å². The van der Waals surface area contributed by atoms with Crippen LogP contribution >= 0.6 is 0 Å². The smallest absolute Gasteiger partial charge is 0.326 e. The van der Waals surface area contributed by atoms with E-state index in [9.17, 15) is 9.59 Å². The normalized spacial score (nSPS) is 20.9. The van der Waals surface area contributed by atoms with Crippen molar-refractivity contribution in [3.63, 3.8) is 0 Å². The van der Waals surface area contributed by atoms with Crippen molar-refractivity contribution in [1.29, 1.82) is 0 Å². The number of amides is 1. The Kier molecular flexibility index (Phi) is 3.36. The standard InChI is InChI=1S/C10H14N4O3/c15-9(7-6-11-13-12-7)14-5-3-1-2-4-8(14)10(16)17/h6,8H,1-5H2,(H,16,17)(H,11,12,13). The number of carboxylic acid groups (broad SMARTS) is 1. The van der Waals surface area contributed by atoms with Gasteiger partial charge in [-0.05, 0) is 12.8 Å². The molecule has 0 aromatic carbocycles. The Hall–Kier alpha value is -1.92. The monoisotopic (exact) mass is 238 g/mol. The molecule has 1 unspecified atom stereocenters. The van der Waals surface area contributed by atoms with Gasteiger partial charge in [0.05, 0.1) is 6.20 Å². The molecule has 1 saturated heterocycles. The zero-order chi connectivity index (χ0) is 12.3. The summed E-state index contributed by atoms with van der Waals surface area (Å²) in [5.41, 5.74) is 0.165. The average molecular weight is 238 g/mol. The molecule has 1 aromatic heterocycles. The molecule has 0 saturated carbocycles. The lowest BCUT2D eigenvalue weighted by Gasteiger charge is -2.25. The van der Waals surface area contributed by atoms with Crippen molar-refractivity contribution in [3.8, 4) is 0 Å². The van der Waals surface area contributed by atoms with Crippen molar-refractivity contribution in [1.82, 2.24) is 20.3 Å². The number of hydrogen-bond acceptors (Lipinski definition) is 4. The van der Waals surface area contributed by atoms with Crippen molar-refractivity contribution in [3.05, 3.63) is 11.9 Å². The van der Waals surface area contributed by atoms with E-state index in [2.05, 4.69) is 15.4 Å². The molecule has 7 heteroatoms. The van der Waals surface area contributed by atoms with E-state index in [-0.39, 0.29) is 11.6 Å². The van der Waals surface area contributed by atoms with Crippen molar-refractivity contribution in [2.24, 2.45) is 0 Å². The third-order valence-corrected chi connectivity index (χ3v) is 2.93. The summed E-state index contributed by atoms with van der Waals surface area (Å²) >= 11 is 0. The van der Waals surface area contributed by atoms with E-state index in [1.807, 2.05) is 0 Å². The quantitative estimate of drug-likeness (QED) is 0.770. The molecule has 1 fully saturated rings. The molecule has 1 aromatic rings. The lowest BCUT2D eigenvalue weighted by atomic mass is 10.1. The number of aromatic amines is 1. The number of carbonyl (C=O) groups is 2. The van der Waals surface area contributed by atoms with Crippen LogP contribution in [0.3, 0.4) is 0 Å². The van der Waals surface area contributed by atoms with E-state index >= 15 is 0 Å². The van der Waals surface area contributed by atoms with Gasteiger partial charge in [-0.25, -0.2) is 4.79 Å². The van der Waals surface area contributed by atoms with Gasteiger partial charge >= 0.3 is 5.97 Å². The number of carboxylic acids is 1. The molecule has 17 heavy (non-hydrogen) atoms. The van der Waals surface area contributed by atoms with E-state index in [0.717, 1.165) is 19.3 Å². The number of nitrogens with zero attached hydrogens (tertiary/aromatic N) is 3. The van der Waals surface area contributed by atoms with Gasteiger partial charge < -0.3 is 10.0 Å². The largest absolute Gasteiger partial charge is 0.480 e. The fourth-order valence-electron chi connectivity index (χ4n) is 2.06. The molecule has 7 nitrogen and oxygen atoms in total. The van der Waals surface area contributed by atoms with Crippen LogP contribution in [0.1, 0.15) is 36.2 Å². The Morgan fingerprint density at radius 1 is 1.41 bits per heavy atom. The second-order valence-corrected chi connectivity index (χ2v) is 4.06. The van der Waals surface area contributed by atoms with Crippen LogP contribution in [0.4, 0.5) is 0 Å². The Labute approximate surface area is 97.8 Å². The predicted molar refractivity (Wildman–Crippen MR) is 57.3 cm³/mol. The van der Waals surface area contributed by atoms with Gasteiger partial charge in [0.1, 0.15) is 6.04 Å². The van der Waals surface area contributed by atoms with Gasteiger partial charge in [0.15, 0.2) is 5.69 Å². The summed E-state index contributed by atoms with van der Waals surface area (Å²) in [7, 11) is 0. The zero-order valence-corrected chi connectivity index (χ0v) is 9.30. The third kappa shape index (κ3) is 2.43. The van der Waals surface area contributed by atoms with Crippen molar-refractivity contribution >= 4 is 11.9 Å². The number of rotatable bonds is 2. The number of carbonyl (C=O) groups excluding carboxylic acids is 1. The molecule has 0 spiro atoms. The minimum Gasteiger partial charge on any atom is -0.480 e. The van der Waals surface area contributed by atoms with Crippen LogP contribution in [0.25, 0.3) is 0 Å². The summed E-state index contributed by atoms with van der Waals surface area (Å²) in [6.07, 6.45) is 4.42. The van der Waals surface area contributed by atoms with Crippen molar-refractivity contribution in [2.45, 2.75) is 31.7 Å². The fraction of sp³-hybridized carbons (Fsp3) is 0.600. The Balaban J connectivity index is 2.20. The Morgan fingerprint density at radius 2 is 2.24 bits per heavy atom. The van der Waals surface area contributed by atoms with E-state index in [1.165, 1.54) is 11.1 Å². The number of H-pyrrole nitrogens is 1. The van der Waals surface area contributed by atoms with Crippen LogP contribution in [0, 0.1) is 0 Å². The molecule has 2 rings (SSSR count). The zero-order valence-electron chi connectivity index (χ0n) is 9.30. The Morgan fingerprint density at radius 3 is 2.88 bits per heavy atom. The van der Waals surface area contributed by atoms with Crippen LogP contribution in [0.15, 0.2) is 6.20 Å². The second kappa shape index (κ2) is 4.94. The van der Waals surface area contributed by atoms with Crippen LogP contribution in [-0.2, 0) is 4.79 Å². The van der Waals surface area contributed by atoms with Gasteiger partial charge in [-0.1, -0.05) is 12.8 Å². The molecule has 2 N–H and O–H groups in total. The number of aliphatic carboxylic acids is 1. The molecule has 1 aliphatic rings. The molecule has 1 atom stereocenters. The van der Waals surface area contributed by atoms with Crippen molar-refractivity contribution < 1.29 is 14.7 Å². The van der Waals surface area contributed by atoms with Gasteiger partial charge in [0, 0.05) is 6.54 Å². The Bertz CT molecular complexity index is 404. The van der Waals surface area contributed by atoms with Gasteiger partial charge in [0.25, 0.3) is 5.91 Å². The summed E-state index contributed by atoms with van der Waals surface area (Å²) in [5.74, 6) is -1.32. The van der Waals surface area contributed by atoms with Crippen molar-refractivity contribution in [2.75, 3.05) is 6.54 Å². The summed E-state index contributed by atoms with van der Waals surface area (Å²) in [5, 5.41) is 18.8. The first-order valence-corrected chi connectivity index (χ1v) is 5.59. The van der Waals surface area contributed by atoms with Crippen LogP contribution in [0.5, 0.6) is 0 Å². The molecule has 1 amide bonds. The van der Waals surface area contributed by atoms with E-state index < -0.39 is 12.0 Å². The molecule has 1 aliphatic heterocycles. The van der Waals surface area contributed by atoms with Gasteiger partial charge in [-0.15, -0.1) is 0 Å². The minimum atomic E-state index is -0.955. The SMILES string of the molecule is O=C(O)C1CCCCCN1C(=O)c1cn[nH]n1. The lowest BCUT2D eigenvalue weighted by Crippen LogP contribution is -2.44. The first-order valence-electron chi connectivity index (χ1n) is 5.59. The maximum Gasteiger partial charge on any atom is 0.326 e. The third-order valence-electron chi connectivity index (χ3n) is 2.93. The number of nitrogens with one attached hydrogen (secondary N) is 1. The predicted octanol–water partition coefficient (Wildman–Crippen LogP) is 0.274. The molecular formula is C10H14N4O3. The van der Waals surface area contributed by atoms with Crippen LogP contribution in [-0.4, -0.2) is 49.9 Å². The fourth-order valence-corrected chi connectivity index (χ4v) is 2.06. The molecule has 2 heterocycles. The van der Waals surface area contributed by atoms with E-state index in [1.54, 1.807) is 0 Å². The first-order chi connectivity index (χ1) is 8.20. The molecule has 0 radical (unpaired) electrons. The highest BCUT2D eigenvalue weighted by molar-refractivity contribution is 5.94. The number of likely N-dealkylation sites (tertiary alicyclic amines) is 1. The second-order valence-electron chi connectivity index (χ2n) is 4.06. The number of aromatic nitrogens is 3. The molecule has 0 aliphatic carbocycles. The highest BCUT2D eigenvalue weighted by Gasteiger charge is 2.32. The minimum absolute atomic E-state index is 0.165. The maximum atomic E-state index is 12.1. The summed E-state index contributed by atoms with van der Waals surface area (Å²) in [4.78, 5) is 24.6. The van der Waals surface area contributed by atoms with Gasteiger partial charge in [-0.2, -0.15) is 15.4 Å². The van der Waals surface area contributed by atoms with E-state index in [0.29, 0.717) is 13.0 Å². The summed E-state index contributed by atoms with van der Waals surface area (Å²) in [6, 6.07) is -0.748. The highest BCUT2D eigenvalue weighted by Crippen LogP contribution is 2.18. The molecule has 92 valence electrons. The van der Waals surface area contributed by atoms with Crippen LogP contribution in [0.2, 0.25) is 0 Å². The van der Waals surface area contributed by atoms with E-state index in [4.69, 9.17) is 5.11 Å². The highest BCUT2D eigenvalue weighted by atomic mass is 16.4. The average Bonchev–Trinajstić information content (AvgIpc) is 2.71. The number of hydrogen-bond donors (Lipinski definition) is 2. The molecule has 0 bridgehead atoms. The summed E-state index contributed by atoms with van der Waals surface area (Å²) < 4.78 is 0.